The number of hydrogen-bond donors (Lipinski definition) is 1. The lowest BCUT2D eigenvalue weighted by Crippen LogP contribution is -2.49. The molecule has 0 spiro atoms. The Kier molecular flexibility index (Phi) is 6.25. The second-order valence-corrected chi connectivity index (χ2v) is 9.68. The molecule has 10 heteroatoms. The first-order chi connectivity index (χ1) is 18.1. The molecular weight excluding hydrogens is 514 g/mol. The van der Waals surface area contributed by atoms with Crippen LogP contribution in [-0.2, 0) is 9.53 Å². The second kappa shape index (κ2) is 9.31. The SMILES string of the molecule is CO[C@]1(C#N)CC(F)(F)CN1C(=O)C(c1ccc2cc(Cl)ccc2c1)c1ccc2nccc(C(N)=O)c2c1. The van der Waals surface area contributed by atoms with Crippen molar-refractivity contribution in [3.63, 3.8) is 0 Å². The van der Waals surface area contributed by atoms with Crippen molar-refractivity contribution in [2.75, 3.05) is 13.7 Å². The molecule has 2 heterocycles. The standard InChI is InChI=1S/C28H21ClF2N4O3/c1-38-28(14-32)13-27(30,31)15-35(28)26(37)24(18-3-2-17-11-20(29)6-4-16(17)10-18)19-5-7-23-22(12-19)21(25(33)36)8-9-34-23/h2-12,24H,13,15H2,1H3,(H2,33,36)/t24?,28-/m0/s1. The number of rotatable bonds is 5. The number of benzene rings is 3. The maximum absolute atomic E-state index is 14.6. The van der Waals surface area contributed by atoms with E-state index in [0.29, 0.717) is 27.1 Å². The molecule has 5 rings (SSSR count). The van der Waals surface area contributed by atoms with Crippen LogP contribution < -0.4 is 5.73 Å². The van der Waals surface area contributed by atoms with Crippen LogP contribution in [0.25, 0.3) is 21.7 Å². The maximum atomic E-state index is 14.6. The lowest BCUT2D eigenvalue weighted by atomic mass is 9.87. The topological polar surface area (TPSA) is 109 Å². The van der Waals surface area contributed by atoms with E-state index in [1.54, 1.807) is 60.7 Å². The van der Waals surface area contributed by atoms with E-state index in [9.17, 15) is 23.6 Å². The van der Waals surface area contributed by atoms with Crippen LogP contribution in [0, 0.1) is 11.3 Å². The van der Waals surface area contributed by atoms with E-state index in [0.717, 1.165) is 22.8 Å². The highest BCUT2D eigenvalue weighted by Gasteiger charge is 2.59. The van der Waals surface area contributed by atoms with Gasteiger partial charge in [-0.1, -0.05) is 41.9 Å². The molecule has 1 aromatic heterocycles. The van der Waals surface area contributed by atoms with Crippen LogP contribution in [0.5, 0.6) is 0 Å². The number of hydrogen-bond acceptors (Lipinski definition) is 5. The van der Waals surface area contributed by atoms with Gasteiger partial charge in [0.25, 0.3) is 5.92 Å². The summed E-state index contributed by atoms with van der Waals surface area (Å²) in [5.74, 6) is -5.86. The number of nitrogens with two attached hydrogens (primary N) is 1. The van der Waals surface area contributed by atoms with E-state index < -0.39 is 42.3 Å². The minimum Gasteiger partial charge on any atom is -0.366 e. The van der Waals surface area contributed by atoms with Gasteiger partial charge in [-0.2, -0.15) is 5.26 Å². The molecule has 1 aliphatic heterocycles. The van der Waals surface area contributed by atoms with Crippen LogP contribution in [0.15, 0.2) is 66.9 Å². The highest BCUT2D eigenvalue weighted by Crippen LogP contribution is 2.43. The molecule has 0 aliphatic carbocycles. The summed E-state index contributed by atoms with van der Waals surface area (Å²) in [6, 6.07) is 18.6. The minimum absolute atomic E-state index is 0.201. The molecule has 1 fully saturated rings. The molecule has 0 radical (unpaired) electrons. The number of aromatic nitrogens is 1. The van der Waals surface area contributed by atoms with Crippen LogP contribution in [0.1, 0.15) is 33.8 Å². The zero-order valence-electron chi connectivity index (χ0n) is 20.1. The Morgan fingerprint density at radius 1 is 1.11 bits per heavy atom. The highest BCUT2D eigenvalue weighted by molar-refractivity contribution is 6.31. The Balaban J connectivity index is 1.72. The average Bonchev–Trinajstić information content (AvgIpc) is 3.19. The lowest BCUT2D eigenvalue weighted by Gasteiger charge is -2.33. The zero-order valence-corrected chi connectivity index (χ0v) is 20.9. The summed E-state index contributed by atoms with van der Waals surface area (Å²) in [7, 11) is 1.13. The molecule has 4 aromatic rings. The fourth-order valence-electron chi connectivity index (χ4n) is 5.05. The smallest absolute Gasteiger partial charge is 0.271 e. The zero-order chi connectivity index (χ0) is 27.2. The maximum Gasteiger partial charge on any atom is 0.271 e. The fraction of sp³-hybridized carbons (Fsp3) is 0.214. The predicted octanol–water partition coefficient (Wildman–Crippen LogP) is 5.01. The van der Waals surface area contributed by atoms with Gasteiger partial charge in [-0.15, -0.1) is 0 Å². The van der Waals surface area contributed by atoms with Crippen molar-refractivity contribution < 1.29 is 23.1 Å². The summed E-state index contributed by atoms with van der Waals surface area (Å²) in [6.07, 6.45) is 0.501. The van der Waals surface area contributed by atoms with Crippen molar-refractivity contribution in [3.05, 3.63) is 88.6 Å². The number of halogens is 3. The summed E-state index contributed by atoms with van der Waals surface area (Å²) in [6.45, 7) is -0.978. The first kappa shape index (κ1) is 25.5. The molecular formula is C28H21ClF2N4O3. The van der Waals surface area contributed by atoms with Crippen molar-refractivity contribution in [2.24, 2.45) is 5.73 Å². The van der Waals surface area contributed by atoms with Gasteiger partial charge in [-0.3, -0.25) is 19.5 Å². The summed E-state index contributed by atoms with van der Waals surface area (Å²) >= 11 is 6.12. The van der Waals surface area contributed by atoms with Gasteiger partial charge in [0.1, 0.15) is 6.07 Å². The lowest BCUT2D eigenvalue weighted by molar-refractivity contribution is -0.148. The van der Waals surface area contributed by atoms with E-state index in [-0.39, 0.29) is 5.56 Å². The highest BCUT2D eigenvalue weighted by atomic mass is 35.5. The molecule has 1 aliphatic rings. The third-order valence-corrected chi connectivity index (χ3v) is 7.11. The third-order valence-electron chi connectivity index (χ3n) is 6.87. The van der Waals surface area contributed by atoms with Gasteiger partial charge >= 0.3 is 0 Å². The van der Waals surface area contributed by atoms with Crippen LogP contribution in [0.4, 0.5) is 8.78 Å². The monoisotopic (exact) mass is 534 g/mol. The molecule has 3 aromatic carbocycles. The van der Waals surface area contributed by atoms with Crippen molar-refractivity contribution in [1.29, 1.82) is 5.26 Å². The van der Waals surface area contributed by atoms with Crippen LogP contribution in [0.3, 0.4) is 0 Å². The van der Waals surface area contributed by atoms with Crippen molar-refractivity contribution in [3.8, 4) is 6.07 Å². The van der Waals surface area contributed by atoms with E-state index >= 15 is 0 Å². The number of amides is 2. The number of methoxy groups -OCH3 is 1. The van der Waals surface area contributed by atoms with E-state index in [1.807, 2.05) is 0 Å². The first-order valence-corrected chi connectivity index (χ1v) is 12.0. The van der Waals surface area contributed by atoms with Gasteiger partial charge in [-0.25, -0.2) is 8.78 Å². The van der Waals surface area contributed by atoms with Gasteiger partial charge in [0.05, 0.1) is 30.0 Å². The quantitative estimate of drug-likeness (QED) is 0.387. The summed E-state index contributed by atoms with van der Waals surface area (Å²) in [5.41, 5.74) is 5.00. The van der Waals surface area contributed by atoms with Crippen LogP contribution in [0.2, 0.25) is 5.02 Å². The Morgan fingerprint density at radius 2 is 1.79 bits per heavy atom. The molecule has 2 N–H and O–H groups in total. The molecule has 2 atom stereocenters. The number of ether oxygens (including phenoxy) is 1. The molecule has 0 bridgehead atoms. The number of pyridine rings is 1. The Hall–Kier alpha value is -4.13. The van der Waals surface area contributed by atoms with Crippen LogP contribution in [-0.4, -0.2) is 47.0 Å². The van der Waals surface area contributed by atoms with Crippen molar-refractivity contribution >= 4 is 45.1 Å². The number of carbonyl (C=O) groups excluding carboxylic acids is 2. The minimum atomic E-state index is -3.32. The first-order valence-electron chi connectivity index (χ1n) is 11.6. The average molecular weight is 535 g/mol. The van der Waals surface area contributed by atoms with Gasteiger partial charge in [0.15, 0.2) is 0 Å². The van der Waals surface area contributed by atoms with Crippen molar-refractivity contribution in [2.45, 2.75) is 24.0 Å². The number of nitriles is 1. The molecule has 38 heavy (non-hydrogen) atoms. The number of fused-ring (bicyclic) bond motifs is 2. The molecule has 192 valence electrons. The van der Waals surface area contributed by atoms with E-state index in [2.05, 4.69) is 4.98 Å². The number of primary amides is 1. The summed E-state index contributed by atoms with van der Waals surface area (Å²) in [5, 5.41) is 12.4. The molecule has 0 saturated carbocycles. The molecule has 1 unspecified atom stereocenters. The Labute approximate surface area is 221 Å². The molecule has 1 saturated heterocycles. The molecule has 7 nitrogen and oxygen atoms in total. The van der Waals surface area contributed by atoms with Crippen molar-refractivity contribution in [1.82, 2.24) is 9.88 Å². The Morgan fingerprint density at radius 3 is 2.50 bits per heavy atom. The largest absolute Gasteiger partial charge is 0.366 e. The van der Waals surface area contributed by atoms with Gasteiger partial charge in [-0.05, 0) is 52.2 Å². The third kappa shape index (κ3) is 4.32. The number of alkyl halides is 2. The number of nitrogens with zero attached hydrogens (tertiary/aromatic N) is 3. The van der Waals surface area contributed by atoms with Gasteiger partial charge in [0, 0.05) is 23.7 Å². The number of carbonyl (C=O) groups is 2. The fourth-order valence-corrected chi connectivity index (χ4v) is 5.23. The second-order valence-electron chi connectivity index (χ2n) is 9.24. The van der Waals surface area contributed by atoms with E-state index in [1.165, 1.54) is 12.3 Å². The van der Waals surface area contributed by atoms with E-state index in [4.69, 9.17) is 22.1 Å². The summed E-state index contributed by atoms with van der Waals surface area (Å²) in [4.78, 5) is 31.3. The summed E-state index contributed by atoms with van der Waals surface area (Å²) < 4.78 is 34.4. The number of likely N-dealkylation sites (tertiary alicyclic amines) is 1. The van der Waals surface area contributed by atoms with Crippen LogP contribution >= 0.6 is 11.6 Å². The predicted molar refractivity (Wildman–Crippen MR) is 138 cm³/mol. The normalized spacial score (nSPS) is 19.4. The van der Waals surface area contributed by atoms with Gasteiger partial charge in [0.2, 0.25) is 17.5 Å². The van der Waals surface area contributed by atoms with Gasteiger partial charge < -0.3 is 10.5 Å². The Bertz CT molecular complexity index is 1650. The molecule has 2 amide bonds.